The summed E-state index contributed by atoms with van der Waals surface area (Å²) in [7, 11) is 0. The lowest BCUT2D eigenvalue weighted by molar-refractivity contribution is 0.0858. The van der Waals surface area contributed by atoms with Gasteiger partial charge in [0.2, 0.25) is 0 Å². The van der Waals surface area contributed by atoms with E-state index in [-0.39, 0.29) is 17.2 Å². The summed E-state index contributed by atoms with van der Waals surface area (Å²) >= 11 is 5.72. The maximum atomic E-state index is 11.8. The van der Waals surface area contributed by atoms with Crippen LogP contribution in [0.4, 0.5) is 5.69 Å². The van der Waals surface area contributed by atoms with Crippen molar-refractivity contribution >= 4 is 23.2 Å². The second-order valence-corrected chi connectivity index (χ2v) is 4.33. The lowest BCUT2D eigenvalue weighted by Crippen LogP contribution is -2.32. The first-order valence-corrected chi connectivity index (χ1v) is 5.85. The predicted molar refractivity (Wildman–Crippen MR) is 65.0 cm³/mol. The van der Waals surface area contributed by atoms with Gasteiger partial charge in [0.1, 0.15) is 5.15 Å². The topological polar surface area (TPSA) is 77.2 Å². The number of hydrogen-bond acceptors (Lipinski definition) is 4. The van der Waals surface area contributed by atoms with E-state index in [0.717, 1.165) is 19.4 Å². The molecule has 1 unspecified atom stereocenters. The zero-order chi connectivity index (χ0) is 12.3. The maximum absolute atomic E-state index is 11.8. The van der Waals surface area contributed by atoms with Gasteiger partial charge < -0.3 is 15.8 Å². The standard InChI is InChI=1S/C11H14ClN3O2/c12-10-4-8(9(13)6-14-10)11(16)15-5-7-2-1-3-17-7/h4,6-7H,1-3,5,13H2,(H,15,16). The summed E-state index contributed by atoms with van der Waals surface area (Å²) in [6.45, 7) is 1.27. The number of amides is 1. The molecule has 1 fully saturated rings. The highest BCUT2D eigenvalue weighted by atomic mass is 35.5. The van der Waals surface area contributed by atoms with Crippen LogP contribution in [-0.2, 0) is 4.74 Å². The lowest BCUT2D eigenvalue weighted by atomic mass is 10.2. The molecule has 1 amide bonds. The number of anilines is 1. The van der Waals surface area contributed by atoms with Crippen molar-refractivity contribution in [2.75, 3.05) is 18.9 Å². The first-order chi connectivity index (χ1) is 8.16. The lowest BCUT2D eigenvalue weighted by Gasteiger charge is -2.11. The van der Waals surface area contributed by atoms with Crippen LogP contribution in [0.5, 0.6) is 0 Å². The largest absolute Gasteiger partial charge is 0.397 e. The van der Waals surface area contributed by atoms with E-state index in [1.54, 1.807) is 0 Å². The van der Waals surface area contributed by atoms with Crippen molar-refractivity contribution in [3.63, 3.8) is 0 Å². The molecule has 1 saturated heterocycles. The molecule has 1 aromatic heterocycles. The zero-order valence-electron chi connectivity index (χ0n) is 9.28. The first-order valence-electron chi connectivity index (χ1n) is 5.47. The average molecular weight is 256 g/mol. The molecule has 0 radical (unpaired) electrons. The Balaban J connectivity index is 1.96. The van der Waals surface area contributed by atoms with Crippen LogP contribution >= 0.6 is 11.6 Å². The molecule has 92 valence electrons. The van der Waals surface area contributed by atoms with Gasteiger partial charge in [0.05, 0.1) is 23.6 Å². The number of ether oxygens (including phenoxy) is 1. The van der Waals surface area contributed by atoms with Gasteiger partial charge >= 0.3 is 0 Å². The maximum Gasteiger partial charge on any atom is 0.253 e. The van der Waals surface area contributed by atoms with Crippen LogP contribution in [0.15, 0.2) is 12.3 Å². The molecule has 1 aromatic rings. The van der Waals surface area contributed by atoms with Gasteiger partial charge in [-0.25, -0.2) is 4.98 Å². The van der Waals surface area contributed by atoms with Crippen LogP contribution in [0.3, 0.4) is 0 Å². The number of rotatable bonds is 3. The Kier molecular flexibility index (Phi) is 3.81. The minimum atomic E-state index is -0.248. The number of nitrogens with zero attached hydrogens (tertiary/aromatic N) is 1. The Bertz CT molecular complexity index is 419. The van der Waals surface area contributed by atoms with Gasteiger partial charge in [-0.2, -0.15) is 0 Å². The molecule has 0 spiro atoms. The molecule has 5 nitrogen and oxygen atoms in total. The predicted octanol–water partition coefficient (Wildman–Crippen LogP) is 1.23. The third kappa shape index (κ3) is 3.08. The Morgan fingerprint density at radius 3 is 3.24 bits per heavy atom. The van der Waals surface area contributed by atoms with E-state index in [1.165, 1.54) is 12.3 Å². The number of nitrogen functional groups attached to an aromatic ring is 1. The second-order valence-electron chi connectivity index (χ2n) is 3.94. The Morgan fingerprint density at radius 1 is 1.71 bits per heavy atom. The fraction of sp³-hybridized carbons (Fsp3) is 0.455. The molecular formula is C11H14ClN3O2. The van der Waals surface area contributed by atoms with Crippen molar-refractivity contribution in [3.8, 4) is 0 Å². The fourth-order valence-corrected chi connectivity index (χ4v) is 1.90. The van der Waals surface area contributed by atoms with Crippen LogP contribution in [0.1, 0.15) is 23.2 Å². The minimum Gasteiger partial charge on any atom is -0.397 e. The van der Waals surface area contributed by atoms with E-state index in [9.17, 15) is 4.79 Å². The van der Waals surface area contributed by atoms with Gasteiger partial charge in [0.25, 0.3) is 5.91 Å². The smallest absolute Gasteiger partial charge is 0.253 e. The van der Waals surface area contributed by atoms with Gasteiger partial charge in [-0.1, -0.05) is 11.6 Å². The summed E-state index contributed by atoms with van der Waals surface area (Å²) in [5.41, 5.74) is 6.33. The highest BCUT2D eigenvalue weighted by molar-refractivity contribution is 6.29. The third-order valence-electron chi connectivity index (χ3n) is 2.66. The summed E-state index contributed by atoms with van der Waals surface area (Å²) in [5, 5.41) is 3.03. The van der Waals surface area contributed by atoms with Crippen molar-refractivity contribution in [2.45, 2.75) is 18.9 Å². The van der Waals surface area contributed by atoms with Crippen LogP contribution in [0, 0.1) is 0 Å². The molecule has 1 atom stereocenters. The van der Waals surface area contributed by atoms with E-state index in [2.05, 4.69) is 10.3 Å². The van der Waals surface area contributed by atoms with Crippen LogP contribution in [0.2, 0.25) is 5.15 Å². The van der Waals surface area contributed by atoms with Gasteiger partial charge in [0.15, 0.2) is 0 Å². The SMILES string of the molecule is Nc1cnc(Cl)cc1C(=O)NCC1CCCO1. The number of nitrogens with one attached hydrogen (secondary N) is 1. The fourth-order valence-electron chi connectivity index (χ4n) is 1.74. The van der Waals surface area contributed by atoms with E-state index in [0.29, 0.717) is 17.8 Å². The highest BCUT2D eigenvalue weighted by Gasteiger charge is 2.17. The van der Waals surface area contributed by atoms with Gasteiger partial charge in [-0.15, -0.1) is 0 Å². The Hall–Kier alpha value is -1.33. The molecule has 0 bridgehead atoms. The third-order valence-corrected chi connectivity index (χ3v) is 2.87. The highest BCUT2D eigenvalue weighted by Crippen LogP contribution is 2.15. The van der Waals surface area contributed by atoms with E-state index < -0.39 is 0 Å². The number of halogens is 1. The number of carbonyl (C=O) groups is 1. The molecule has 0 saturated carbocycles. The second kappa shape index (κ2) is 5.33. The summed E-state index contributed by atoms with van der Waals surface area (Å²) in [5.74, 6) is -0.248. The van der Waals surface area contributed by atoms with Gasteiger partial charge in [-0.3, -0.25) is 4.79 Å². The minimum absolute atomic E-state index is 0.109. The molecule has 0 aromatic carbocycles. The summed E-state index contributed by atoms with van der Waals surface area (Å²) in [6.07, 6.45) is 3.51. The normalized spacial score (nSPS) is 19.2. The summed E-state index contributed by atoms with van der Waals surface area (Å²) in [4.78, 5) is 15.6. The zero-order valence-corrected chi connectivity index (χ0v) is 10.0. The van der Waals surface area contributed by atoms with E-state index >= 15 is 0 Å². The van der Waals surface area contributed by atoms with Crippen LogP contribution in [-0.4, -0.2) is 30.1 Å². The number of pyridine rings is 1. The van der Waals surface area contributed by atoms with E-state index in [4.69, 9.17) is 22.1 Å². The molecule has 3 N–H and O–H groups in total. The molecule has 1 aliphatic heterocycles. The van der Waals surface area contributed by atoms with Gasteiger partial charge in [0, 0.05) is 13.2 Å². The van der Waals surface area contributed by atoms with Crippen LogP contribution < -0.4 is 11.1 Å². The molecule has 0 aliphatic carbocycles. The first kappa shape index (κ1) is 12.1. The molecule has 2 heterocycles. The molecule has 1 aliphatic rings. The molecular weight excluding hydrogens is 242 g/mol. The van der Waals surface area contributed by atoms with Gasteiger partial charge in [-0.05, 0) is 18.9 Å². The molecule has 2 rings (SSSR count). The van der Waals surface area contributed by atoms with E-state index in [1.807, 2.05) is 0 Å². The van der Waals surface area contributed by atoms with Crippen molar-refractivity contribution in [3.05, 3.63) is 23.0 Å². The van der Waals surface area contributed by atoms with Crippen LogP contribution in [0.25, 0.3) is 0 Å². The molecule has 6 heteroatoms. The molecule has 17 heavy (non-hydrogen) atoms. The van der Waals surface area contributed by atoms with Crippen molar-refractivity contribution in [1.82, 2.24) is 10.3 Å². The number of nitrogens with two attached hydrogens (primary N) is 1. The quantitative estimate of drug-likeness (QED) is 0.797. The van der Waals surface area contributed by atoms with Crippen molar-refractivity contribution < 1.29 is 9.53 Å². The number of carbonyl (C=O) groups excluding carboxylic acids is 1. The Labute approximate surface area is 104 Å². The average Bonchev–Trinajstić information content (AvgIpc) is 2.82. The van der Waals surface area contributed by atoms with Crippen molar-refractivity contribution in [1.29, 1.82) is 0 Å². The summed E-state index contributed by atoms with van der Waals surface area (Å²) in [6, 6.07) is 1.46. The number of aromatic nitrogens is 1. The summed E-state index contributed by atoms with van der Waals surface area (Å²) < 4.78 is 5.41. The Morgan fingerprint density at radius 2 is 2.53 bits per heavy atom. The number of hydrogen-bond donors (Lipinski definition) is 2. The monoisotopic (exact) mass is 255 g/mol. The van der Waals surface area contributed by atoms with Crippen molar-refractivity contribution in [2.24, 2.45) is 0 Å².